The summed E-state index contributed by atoms with van der Waals surface area (Å²) < 4.78 is 10.8. The standard InChI is InChI=1S/C16H23NO3/c1-10(2)12-9-13(11(3)8-15(12)19-4)17-16(18)14-6-5-7-20-14/h8-10,14H,5-7H2,1-4H3,(H,17,18). The highest BCUT2D eigenvalue weighted by Gasteiger charge is 2.24. The van der Waals surface area contributed by atoms with Gasteiger partial charge < -0.3 is 14.8 Å². The van der Waals surface area contributed by atoms with Crippen molar-refractivity contribution in [3.63, 3.8) is 0 Å². The molecule has 20 heavy (non-hydrogen) atoms. The molecule has 0 aliphatic carbocycles. The summed E-state index contributed by atoms with van der Waals surface area (Å²) in [5.74, 6) is 1.15. The van der Waals surface area contributed by atoms with Crippen molar-refractivity contribution < 1.29 is 14.3 Å². The van der Waals surface area contributed by atoms with Crippen LogP contribution < -0.4 is 10.1 Å². The van der Waals surface area contributed by atoms with Crippen molar-refractivity contribution in [2.75, 3.05) is 19.0 Å². The van der Waals surface area contributed by atoms with E-state index in [4.69, 9.17) is 9.47 Å². The molecule has 1 aliphatic heterocycles. The predicted molar refractivity (Wildman–Crippen MR) is 79.4 cm³/mol. The topological polar surface area (TPSA) is 47.6 Å². The van der Waals surface area contributed by atoms with Crippen LogP contribution in [0.3, 0.4) is 0 Å². The molecule has 2 rings (SSSR count). The normalized spacial score (nSPS) is 18.4. The van der Waals surface area contributed by atoms with E-state index in [1.807, 2.05) is 19.1 Å². The molecule has 0 radical (unpaired) electrons. The molecule has 1 aromatic rings. The van der Waals surface area contributed by atoms with Crippen molar-refractivity contribution >= 4 is 11.6 Å². The fraction of sp³-hybridized carbons (Fsp3) is 0.562. The number of ether oxygens (including phenoxy) is 2. The first-order valence-corrected chi connectivity index (χ1v) is 7.14. The van der Waals surface area contributed by atoms with E-state index in [0.29, 0.717) is 12.5 Å². The van der Waals surface area contributed by atoms with E-state index in [2.05, 4.69) is 19.2 Å². The summed E-state index contributed by atoms with van der Waals surface area (Å²) in [6.45, 7) is 6.87. The molecular weight excluding hydrogens is 254 g/mol. The van der Waals surface area contributed by atoms with E-state index in [0.717, 1.165) is 35.4 Å². The van der Waals surface area contributed by atoms with Gasteiger partial charge in [0.25, 0.3) is 5.91 Å². The Balaban J connectivity index is 2.22. The zero-order chi connectivity index (χ0) is 14.7. The van der Waals surface area contributed by atoms with Crippen LogP contribution in [0.15, 0.2) is 12.1 Å². The number of methoxy groups -OCH3 is 1. The number of hydrogen-bond donors (Lipinski definition) is 1. The number of rotatable bonds is 4. The molecule has 110 valence electrons. The van der Waals surface area contributed by atoms with Gasteiger partial charge in [-0.1, -0.05) is 13.8 Å². The highest BCUT2D eigenvalue weighted by atomic mass is 16.5. The average Bonchev–Trinajstić information content (AvgIpc) is 2.94. The molecule has 1 fully saturated rings. The van der Waals surface area contributed by atoms with E-state index in [1.165, 1.54) is 0 Å². The van der Waals surface area contributed by atoms with Crippen LogP contribution in [0.4, 0.5) is 5.69 Å². The van der Waals surface area contributed by atoms with Crippen LogP contribution in [-0.4, -0.2) is 25.7 Å². The molecule has 0 aromatic heterocycles. The van der Waals surface area contributed by atoms with Gasteiger partial charge in [-0.25, -0.2) is 0 Å². The Kier molecular flexibility index (Phi) is 4.65. The number of hydrogen-bond acceptors (Lipinski definition) is 3. The van der Waals surface area contributed by atoms with E-state index < -0.39 is 0 Å². The molecule has 1 aromatic carbocycles. The molecule has 1 atom stereocenters. The largest absolute Gasteiger partial charge is 0.496 e. The van der Waals surface area contributed by atoms with Gasteiger partial charge in [0.1, 0.15) is 11.9 Å². The second-order valence-electron chi connectivity index (χ2n) is 5.55. The Morgan fingerprint density at radius 2 is 2.20 bits per heavy atom. The van der Waals surface area contributed by atoms with Crippen LogP contribution in [0.5, 0.6) is 5.75 Å². The van der Waals surface area contributed by atoms with E-state index in [-0.39, 0.29) is 12.0 Å². The van der Waals surface area contributed by atoms with Gasteiger partial charge in [0, 0.05) is 12.3 Å². The molecule has 1 heterocycles. The first kappa shape index (κ1) is 14.9. The molecule has 0 bridgehead atoms. The maximum Gasteiger partial charge on any atom is 0.253 e. The number of anilines is 1. The maximum atomic E-state index is 12.1. The second kappa shape index (κ2) is 6.27. The van der Waals surface area contributed by atoms with Gasteiger partial charge in [0.05, 0.1) is 7.11 Å². The van der Waals surface area contributed by atoms with Crippen LogP contribution >= 0.6 is 0 Å². The van der Waals surface area contributed by atoms with Gasteiger partial charge in [-0.3, -0.25) is 4.79 Å². The summed E-state index contributed by atoms with van der Waals surface area (Å²) in [5, 5.41) is 2.98. The molecule has 1 amide bonds. The highest BCUT2D eigenvalue weighted by Crippen LogP contribution is 2.32. The Bertz CT molecular complexity index is 491. The highest BCUT2D eigenvalue weighted by molar-refractivity contribution is 5.95. The maximum absolute atomic E-state index is 12.1. The monoisotopic (exact) mass is 277 g/mol. The Hall–Kier alpha value is -1.55. The zero-order valence-electron chi connectivity index (χ0n) is 12.7. The smallest absolute Gasteiger partial charge is 0.253 e. The van der Waals surface area contributed by atoms with Crippen LogP contribution in [0.25, 0.3) is 0 Å². The Labute approximate surface area is 120 Å². The van der Waals surface area contributed by atoms with E-state index in [1.54, 1.807) is 7.11 Å². The van der Waals surface area contributed by atoms with Crippen LogP contribution in [0.2, 0.25) is 0 Å². The quantitative estimate of drug-likeness (QED) is 0.919. The molecule has 1 aliphatic rings. The third-order valence-corrected chi connectivity index (χ3v) is 3.68. The number of carbonyl (C=O) groups is 1. The average molecular weight is 277 g/mol. The van der Waals surface area contributed by atoms with Gasteiger partial charge in [-0.2, -0.15) is 0 Å². The van der Waals surface area contributed by atoms with Crippen LogP contribution in [-0.2, 0) is 9.53 Å². The van der Waals surface area contributed by atoms with Crippen molar-refractivity contribution in [3.05, 3.63) is 23.3 Å². The minimum Gasteiger partial charge on any atom is -0.496 e. The Morgan fingerprint density at radius 3 is 2.75 bits per heavy atom. The molecule has 0 spiro atoms. The number of benzene rings is 1. The van der Waals surface area contributed by atoms with Crippen LogP contribution in [0.1, 0.15) is 43.7 Å². The number of carbonyl (C=O) groups excluding carboxylic acids is 1. The van der Waals surface area contributed by atoms with Crippen molar-refractivity contribution in [1.29, 1.82) is 0 Å². The number of aryl methyl sites for hydroxylation is 1. The third kappa shape index (κ3) is 3.12. The molecular formula is C16H23NO3. The minimum atomic E-state index is -0.306. The lowest BCUT2D eigenvalue weighted by Gasteiger charge is -2.18. The van der Waals surface area contributed by atoms with Crippen molar-refractivity contribution in [1.82, 2.24) is 0 Å². The first-order valence-electron chi connectivity index (χ1n) is 7.14. The van der Waals surface area contributed by atoms with Crippen molar-refractivity contribution in [2.24, 2.45) is 0 Å². The SMILES string of the molecule is COc1cc(C)c(NC(=O)C2CCCO2)cc1C(C)C. The first-order chi connectivity index (χ1) is 9.52. The minimum absolute atomic E-state index is 0.0505. The van der Waals surface area contributed by atoms with Crippen LogP contribution in [0, 0.1) is 6.92 Å². The lowest BCUT2D eigenvalue weighted by atomic mass is 9.99. The van der Waals surface area contributed by atoms with Gasteiger partial charge in [0.2, 0.25) is 0 Å². The van der Waals surface area contributed by atoms with Gasteiger partial charge in [0.15, 0.2) is 0 Å². The lowest BCUT2D eigenvalue weighted by Crippen LogP contribution is -2.27. The molecule has 1 N–H and O–H groups in total. The van der Waals surface area contributed by atoms with E-state index >= 15 is 0 Å². The number of nitrogens with one attached hydrogen (secondary N) is 1. The summed E-state index contributed by atoms with van der Waals surface area (Å²) in [7, 11) is 1.67. The summed E-state index contributed by atoms with van der Waals surface area (Å²) in [6, 6.07) is 3.98. The summed E-state index contributed by atoms with van der Waals surface area (Å²) in [5.41, 5.74) is 2.94. The zero-order valence-corrected chi connectivity index (χ0v) is 12.7. The van der Waals surface area contributed by atoms with Crippen molar-refractivity contribution in [2.45, 2.75) is 45.6 Å². The Morgan fingerprint density at radius 1 is 1.45 bits per heavy atom. The molecule has 0 saturated carbocycles. The molecule has 4 heteroatoms. The predicted octanol–water partition coefficient (Wildman–Crippen LogP) is 3.24. The van der Waals surface area contributed by atoms with Crippen molar-refractivity contribution in [3.8, 4) is 5.75 Å². The van der Waals surface area contributed by atoms with Gasteiger partial charge >= 0.3 is 0 Å². The summed E-state index contributed by atoms with van der Waals surface area (Å²) >= 11 is 0. The third-order valence-electron chi connectivity index (χ3n) is 3.68. The molecule has 1 unspecified atom stereocenters. The van der Waals surface area contributed by atoms with Gasteiger partial charge in [-0.15, -0.1) is 0 Å². The van der Waals surface area contributed by atoms with E-state index in [9.17, 15) is 4.79 Å². The number of amides is 1. The molecule has 4 nitrogen and oxygen atoms in total. The second-order valence-corrected chi connectivity index (χ2v) is 5.55. The molecule has 1 saturated heterocycles. The fourth-order valence-electron chi connectivity index (χ4n) is 2.46. The lowest BCUT2D eigenvalue weighted by molar-refractivity contribution is -0.124. The summed E-state index contributed by atoms with van der Waals surface area (Å²) in [6.07, 6.45) is 1.45. The van der Waals surface area contributed by atoms with Gasteiger partial charge in [-0.05, 0) is 48.9 Å². The summed E-state index contributed by atoms with van der Waals surface area (Å²) in [4.78, 5) is 12.1. The fourth-order valence-corrected chi connectivity index (χ4v) is 2.46.